The quantitative estimate of drug-likeness (QED) is 0.609. The number of hydrogen-bond donors (Lipinski definition) is 1. The van der Waals surface area contributed by atoms with Crippen LogP contribution in [0, 0.1) is 11.3 Å². The van der Waals surface area contributed by atoms with Crippen molar-refractivity contribution in [1.29, 1.82) is 5.26 Å². The van der Waals surface area contributed by atoms with Gasteiger partial charge in [-0.3, -0.25) is 0 Å². The molecular weight excluding hydrogens is 320 g/mol. The summed E-state index contributed by atoms with van der Waals surface area (Å²) >= 11 is 0. The molecule has 1 rings (SSSR count). The van der Waals surface area contributed by atoms with Gasteiger partial charge in [-0.05, 0) is 48.3 Å². The first kappa shape index (κ1) is 19.9. The second kappa shape index (κ2) is 8.13. The van der Waals surface area contributed by atoms with Crippen LogP contribution in [0.1, 0.15) is 38.3 Å². The molecule has 0 heterocycles. The lowest BCUT2D eigenvalue weighted by atomic mass is 10.1. The van der Waals surface area contributed by atoms with Crippen LogP contribution in [-0.2, 0) is 4.43 Å². The van der Waals surface area contributed by atoms with Crippen LogP contribution in [0.25, 0.3) is 6.08 Å². The molecule has 5 nitrogen and oxygen atoms in total. The third-order valence-corrected chi connectivity index (χ3v) is 8.75. The van der Waals surface area contributed by atoms with E-state index in [2.05, 4.69) is 39.9 Å². The second-order valence-corrected chi connectivity index (χ2v) is 11.9. The Morgan fingerprint density at radius 1 is 1.38 bits per heavy atom. The fourth-order valence-corrected chi connectivity index (χ4v) is 2.83. The van der Waals surface area contributed by atoms with Crippen LogP contribution in [0.5, 0.6) is 5.75 Å². The van der Waals surface area contributed by atoms with Crippen molar-refractivity contribution in [3.8, 4) is 11.8 Å². The first-order valence-corrected chi connectivity index (χ1v) is 10.8. The monoisotopic (exact) mass is 346 g/mol. The van der Waals surface area contributed by atoms with Gasteiger partial charge in [0.25, 0.3) is 0 Å². The predicted octanol–water partition coefficient (Wildman–Crippen LogP) is 4.44. The van der Waals surface area contributed by atoms with E-state index in [-0.39, 0.29) is 5.04 Å². The molecule has 0 aromatic heterocycles. The summed E-state index contributed by atoms with van der Waals surface area (Å²) in [4.78, 5) is 10.8. The number of carbonyl (C=O) groups is 1. The minimum Gasteiger partial charge on any atom is -0.417 e. The number of nitrogens with zero attached hydrogens (tertiary/aromatic N) is 1. The van der Waals surface area contributed by atoms with Crippen molar-refractivity contribution in [2.45, 2.75) is 45.3 Å². The van der Waals surface area contributed by atoms with Gasteiger partial charge in [0.1, 0.15) is 5.75 Å². The Labute approximate surface area is 145 Å². The molecule has 0 aliphatic heterocycles. The standard InChI is InChI=1S/C18H26N2O3Si/c1-18(2,3)24(4,5)22-11-7-6-8-14-12-16(23-17(20)21)10-9-15(14)13-19/h6,8-10,12H,7,11H2,1-5H3,(H2,20,21). The zero-order valence-corrected chi connectivity index (χ0v) is 16.1. The first-order chi connectivity index (χ1) is 11.1. The van der Waals surface area contributed by atoms with Crippen LogP contribution in [0.15, 0.2) is 24.3 Å². The van der Waals surface area contributed by atoms with Gasteiger partial charge in [-0.1, -0.05) is 32.9 Å². The first-order valence-electron chi connectivity index (χ1n) is 7.89. The van der Waals surface area contributed by atoms with Gasteiger partial charge in [0.05, 0.1) is 11.6 Å². The summed E-state index contributed by atoms with van der Waals surface area (Å²) in [7, 11) is -1.74. The van der Waals surface area contributed by atoms with E-state index < -0.39 is 14.4 Å². The third kappa shape index (κ3) is 5.83. The SMILES string of the molecule is CC(C)(C)[Si](C)(C)OCCC=Cc1cc(OC(N)=O)ccc1C#N. The molecule has 6 heteroatoms. The molecule has 0 unspecified atom stereocenters. The molecule has 0 aliphatic carbocycles. The van der Waals surface area contributed by atoms with Crippen molar-refractivity contribution in [2.75, 3.05) is 6.61 Å². The normalized spacial score (nSPS) is 12.2. The number of nitriles is 1. The zero-order chi connectivity index (χ0) is 18.4. The molecule has 0 bridgehead atoms. The summed E-state index contributed by atoms with van der Waals surface area (Å²) < 4.78 is 10.9. The van der Waals surface area contributed by atoms with Crippen molar-refractivity contribution < 1.29 is 14.0 Å². The third-order valence-electron chi connectivity index (χ3n) is 4.21. The Kier molecular flexibility index (Phi) is 6.76. The van der Waals surface area contributed by atoms with E-state index >= 15 is 0 Å². The number of primary amides is 1. The Hall–Kier alpha value is -2.10. The molecule has 1 amide bonds. The molecule has 0 saturated carbocycles. The van der Waals surface area contributed by atoms with E-state index in [9.17, 15) is 4.79 Å². The average Bonchev–Trinajstić information content (AvgIpc) is 2.45. The van der Waals surface area contributed by atoms with E-state index in [0.29, 0.717) is 23.5 Å². The number of amides is 1. The van der Waals surface area contributed by atoms with Crippen LogP contribution in [0.2, 0.25) is 18.1 Å². The maximum absolute atomic E-state index is 10.8. The molecule has 1 aromatic carbocycles. The number of hydrogen-bond acceptors (Lipinski definition) is 4. The smallest absolute Gasteiger partial charge is 0.409 e. The highest BCUT2D eigenvalue weighted by Crippen LogP contribution is 2.36. The van der Waals surface area contributed by atoms with Crippen molar-refractivity contribution in [3.05, 3.63) is 35.4 Å². The number of carbonyl (C=O) groups excluding carboxylic acids is 1. The van der Waals surface area contributed by atoms with E-state index in [1.807, 2.05) is 12.2 Å². The Balaban J connectivity index is 2.70. The van der Waals surface area contributed by atoms with Gasteiger partial charge in [-0.2, -0.15) is 5.26 Å². The molecule has 130 valence electrons. The van der Waals surface area contributed by atoms with Gasteiger partial charge in [0, 0.05) is 6.61 Å². The van der Waals surface area contributed by atoms with E-state index in [1.165, 1.54) is 0 Å². The molecule has 0 aliphatic rings. The van der Waals surface area contributed by atoms with Crippen LogP contribution in [-0.4, -0.2) is 21.0 Å². The number of benzene rings is 1. The van der Waals surface area contributed by atoms with Gasteiger partial charge < -0.3 is 14.9 Å². The number of nitrogens with two attached hydrogens (primary N) is 1. The molecule has 24 heavy (non-hydrogen) atoms. The zero-order valence-electron chi connectivity index (χ0n) is 15.1. The highest BCUT2D eigenvalue weighted by molar-refractivity contribution is 6.74. The highest BCUT2D eigenvalue weighted by Gasteiger charge is 2.36. The van der Waals surface area contributed by atoms with Gasteiger partial charge in [0.2, 0.25) is 0 Å². The van der Waals surface area contributed by atoms with Crippen molar-refractivity contribution in [1.82, 2.24) is 0 Å². The maximum atomic E-state index is 10.8. The van der Waals surface area contributed by atoms with Crippen molar-refractivity contribution in [2.24, 2.45) is 5.73 Å². The lowest BCUT2D eigenvalue weighted by Crippen LogP contribution is -2.40. The summed E-state index contributed by atoms with van der Waals surface area (Å²) in [5.74, 6) is 0.318. The van der Waals surface area contributed by atoms with E-state index in [0.717, 1.165) is 6.42 Å². The largest absolute Gasteiger partial charge is 0.417 e. The van der Waals surface area contributed by atoms with E-state index in [1.54, 1.807) is 18.2 Å². The molecule has 0 spiro atoms. The lowest BCUT2D eigenvalue weighted by Gasteiger charge is -2.36. The lowest BCUT2D eigenvalue weighted by molar-refractivity contribution is 0.211. The molecular formula is C18H26N2O3Si. The van der Waals surface area contributed by atoms with E-state index in [4.69, 9.17) is 20.2 Å². The van der Waals surface area contributed by atoms with Crippen molar-refractivity contribution >= 4 is 20.5 Å². The van der Waals surface area contributed by atoms with Gasteiger partial charge in [0.15, 0.2) is 8.32 Å². The minimum atomic E-state index is -1.74. The summed E-state index contributed by atoms with van der Waals surface area (Å²) in [6.07, 6.45) is 3.66. The van der Waals surface area contributed by atoms with Crippen molar-refractivity contribution in [3.63, 3.8) is 0 Å². The Morgan fingerprint density at radius 2 is 2.04 bits per heavy atom. The predicted molar refractivity (Wildman–Crippen MR) is 98.2 cm³/mol. The van der Waals surface area contributed by atoms with Crippen LogP contribution in [0.3, 0.4) is 0 Å². The number of rotatable bonds is 6. The minimum absolute atomic E-state index is 0.186. The average molecular weight is 347 g/mol. The number of ether oxygens (including phenoxy) is 1. The molecule has 1 aromatic rings. The van der Waals surface area contributed by atoms with Gasteiger partial charge >= 0.3 is 6.09 Å². The summed E-state index contributed by atoms with van der Waals surface area (Å²) in [6, 6.07) is 6.88. The molecule has 0 saturated heterocycles. The highest BCUT2D eigenvalue weighted by atomic mass is 28.4. The Morgan fingerprint density at radius 3 is 2.58 bits per heavy atom. The fraction of sp³-hybridized carbons (Fsp3) is 0.444. The topological polar surface area (TPSA) is 85.3 Å². The fourth-order valence-electron chi connectivity index (χ4n) is 1.77. The maximum Gasteiger partial charge on any atom is 0.409 e. The summed E-state index contributed by atoms with van der Waals surface area (Å²) in [6.45, 7) is 11.7. The van der Waals surface area contributed by atoms with Crippen LogP contribution in [0.4, 0.5) is 4.79 Å². The molecule has 0 radical (unpaired) electrons. The second-order valence-electron chi connectivity index (χ2n) is 7.08. The van der Waals surface area contributed by atoms with Gasteiger partial charge in [-0.15, -0.1) is 0 Å². The molecule has 2 N–H and O–H groups in total. The van der Waals surface area contributed by atoms with Crippen LogP contribution >= 0.6 is 0 Å². The molecule has 0 fully saturated rings. The van der Waals surface area contributed by atoms with Gasteiger partial charge in [-0.25, -0.2) is 4.79 Å². The Bertz CT molecular complexity index is 655. The van der Waals surface area contributed by atoms with Crippen LogP contribution < -0.4 is 10.5 Å². The summed E-state index contributed by atoms with van der Waals surface area (Å²) in [5.41, 5.74) is 6.20. The summed E-state index contributed by atoms with van der Waals surface area (Å²) in [5, 5.41) is 9.34. The molecule has 0 atom stereocenters.